The van der Waals surface area contributed by atoms with Crippen LogP contribution in [0.2, 0.25) is 0 Å². The number of piperidine rings is 1. The summed E-state index contributed by atoms with van der Waals surface area (Å²) in [6, 6.07) is 2.65. The normalized spacial score (nSPS) is 28.6. The van der Waals surface area contributed by atoms with Crippen molar-refractivity contribution >= 4 is 23.9 Å². The Bertz CT molecular complexity index is 1350. The van der Waals surface area contributed by atoms with Crippen LogP contribution < -0.4 is 31.6 Å². The highest BCUT2D eigenvalue weighted by atomic mass is 16.6. The van der Waals surface area contributed by atoms with Crippen molar-refractivity contribution in [3.63, 3.8) is 0 Å². The van der Waals surface area contributed by atoms with Crippen molar-refractivity contribution < 1.29 is 34.1 Å². The fourth-order valence-corrected chi connectivity index (χ4v) is 7.11. The van der Waals surface area contributed by atoms with Crippen LogP contribution in [-0.4, -0.2) is 114 Å². The van der Waals surface area contributed by atoms with Crippen molar-refractivity contribution in [1.29, 1.82) is 0 Å². The molecule has 2 aliphatic carbocycles. The van der Waals surface area contributed by atoms with Gasteiger partial charge in [-0.2, -0.15) is 0 Å². The molecule has 1 aromatic carbocycles. The van der Waals surface area contributed by atoms with E-state index in [4.69, 9.17) is 20.9 Å². The number of amides is 3. The molecule has 4 aliphatic rings. The first-order valence-electron chi connectivity index (χ1n) is 14.5. The van der Waals surface area contributed by atoms with Crippen LogP contribution in [0.25, 0.3) is 0 Å². The first-order chi connectivity index (χ1) is 20.4. The molecule has 1 fully saturated rings. The lowest BCUT2D eigenvalue weighted by Crippen LogP contribution is -2.75. The van der Waals surface area contributed by atoms with Crippen LogP contribution in [-0.2, 0) is 21.4 Å². The van der Waals surface area contributed by atoms with E-state index in [1.165, 1.54) is 11.8 Å². The molecule has 2 aliphatic heterocycles. The second-order valence-electron chi connectivity index (χ2n) is 11.8. The number of aliphatic hydroxyl groups is 2. The van der Waals surface area contributed by atoms with Gasteiger partial charge in [0.25, 0.3) is 0 Å². The Kier molecular flexibility index (Phi) is 8.29. The Morgan fingerprint density at radius 2 is 2.09 bits per heavy atom. The number of rotatable bonds is 10. The largest absolute Gasteiger partial charge is 0.482 e. The Morgan fingerprint density at radius 3 is 2.81 bits per heavy atom. The Balaban J connectivity index is 1.24. The third-order valence-electron chi connectivity index (χ3n) is 9.16. The van der Waals surface area contributed by atoms with Crippen molar-refractivity contribution in [2.45, 2.75) is 67.9 Å². The maximum atomic E-state index is 13.1. The highest BCUT2D eigenvalue weighted by Gasteiger charge is 2.71. The fourth-order valence-electron chi connectivity index (χ4n) is 7.11. The summed E-state index contributed by atoms with van der Waals surface area (Å²) in [4.78, 5) is 44.7. The smallest absolute Gasteiger partial charge is 0.415 e. The van der Waals surface area contributed by atoms with Gasteiger partial charge in [0.15, 0.2) is 17.5 Å². The lowest BCUT2D eigenvalue weighted by Gasteiger charge is -2.61. The van der Waals surface area contributed by atoms with E-state index in [0.29, 0.717) is 38.0 Å². The molecule has 0 aromatic heterocycles. The number of hydrogen-bond donors (Lipinski definition) is 6. The first-order valence-corrected chi connectivity index (χ1v) is 14.5. The molecule has 1 spiro atoms. The van der Waals surface area contributed by atoms with Crippen molar-refractivity contribution in [1.82, 2.24) is 20.4 Å². The van der Waals surface area contributed by atoms with Crippen LogP contribution in [0.1, 0.15) is 37.3 Å². The van der Waals surface area contributed by atoms with Crippen LogP contribution in [0.3, 0.4) is 0 Å². The number of aliphatic hydroxyl groups excluding tert-OH is 1. The standard InChI is InChI=1S/C29H41N7O7/c1-16(37)34-18(5-4-11-33-26(30)31)25(39)32-12-14-36(3)27(40)42-20-7-6-17-15-21-29(41)9-8-19(38)24-28(29,10-13-35(21)2)22(17)23(20)43-24/h6-9,18-19,21,24,38,41H,4-5,10-15H2,1-3H3,(H,32,39)(H,34,37)(H4,30,31,33)/t18-,19?,21?,24?,28?,29+/m0/s1. The summed E-state index contributed by atoms with van der Waals surface area (Å²) in [5.74, 6) is -0.200. The molecule has 2 bridgehead atoms. The molecule has 8 N–H and O–H groups in total. The van der Waals surface area contributed by atoms with Gasteiger partial charge in [-0.05, 0) is 50.9 Å². The van der Waals surface area contributed by atoms with E-state index in [1.54, 1.807) is 25.3 Å². The van der Waals surface area contributed by atoms with E-state index in [-0.39, 0.29) is 36.7 Å². The summed E-state index contributed by atoms with van der Waals surface area (Å²) in [6.45, 7) is 2.63. The van der Waals surface area contributed by atoms with E-state index in [2.05, 4.69) is 20.5 Å². The van der Waals surface area contributed by atoms with E-state index >= 15 is 0 Å². The molecule has 43 heavy (non-hydrogen) atoms. The summed E-state index contributed by atoms with van der Waals surface area (Å²) in [7, 11) is 3.54. The van der Waals surface area contributed by atoms with Gasteiger partial charge >= 0.3 is 6.09 Å². The molecule has 0 saturated carbocycles. The van der Waals surface area contributed by atoms with Crippen LogP contribution in [0.5, 0.6) is 11.5 Å². The number of nitrogens with zero attached hydrogens (tertiary/aromatic N) is 3. The monoisotopic (exact) mass is 599 g/mol. The second kappa shape index (κ2) is 11.7. The van der Waals surface area contributed by atoms with E-state index in [0.717, 1.165) is 17.7 Å². The van der Waals surface area contributed by atoms with Gasteiger partial charge in [0.2, 0.25) is 11.8 Å². The van der Waals surface area contributed by atoms with Crippen molar-refractivity contribution in [3.8, 4) is 11.5 Å². The number of likely N-dealkylation sites (tertiary alicyclic amines) is 1. The summed E-state index contributed by atoms with van der Waals surface area (Å²) in [5.41, 5.74) is 10.4. The minimum absolute atomic E-state index is 0.0456. The summed E-state index contributed by atoms with van der Waals surface area (Å²) < 4.78 is 12.1. The highest BCUT2D eigenvalue weighted by molar-refractivity contribution is 5.86. The zero-order chi connectivity index (χ0) is 31.1. The predicted octanol–water partition coefficient (Wildman–Crippen LogP) is -1.29. The molecule has 234 valence electrons. The van der Waals surface area contributed by atoms with Gasteiger partial charge in [0.05, 0.1) is 5.41 Å². The molecule has 0 radical (unpaired) electrons. The maximum Gasteiger partial charge on any atom is 0.415 e. The zero-order valence-electron chi connectivity index (χ0n) is 24.7. The van der Waals surface area contributed by atoms with Crippen LogP contribution in [0.15, 0.2) is 29.3 Å². The number of nitrogens with two attached hydrogens (primary N) is 2. The Hall–Kier alpha value is -3.88. The summed E-state index contributed by atoms with van der Waals surface area (Å²) in [5, 5.41) is 28.3. The molecule has 1 aromatic rings. The molecule has 14 heteroatoms. The minimum Gasteiger partial charge on any atom is -0.482 e. The van der Waals surface area contributed by atoms with Crippen molar-refractivity contribution in [3.05, 3.63) is 35.4 Å². The molecule has 14 nitrogen and oxygen atoms in total. The van der Waals surface area contributed by atoms with Gasteiger partial charge in [0, 0.05) is 45.2 Å². The van der Waals surface area contributed by atoms with Gasteiger partial charge < -0.3 is 46.7 Å². The molecule has 4 unspecified atom stereocenters. The maximum absolute atomic E-state index is 13.1. The molecule has 1 saturated heterocycles. The van der Waals surface area contributed by atoms with E-state index in [9.17, 15) is 24.6 Å². The van der Waals surface area contributed by atoms with Gasteiger partial charge in [-0.15, -0.1) is 0 Å². The number of aliphatic imine (C=N–C) groups is 1. The molecular weight excluding hydrogens is 558 g/mol. The van der Waals surface area contributed by atoms with Crippen molar-refractivity contribution in [2.75, 3.05) is 40.3 Å². The number of hydrogen-bond acceptors (Lipinski definition) is 9. The molecule has 5 rings (SSSR count). The predicted molar refractivity (Wildman–Crippen MR) is 157 cm³/mol. The number of guanidine groups is 1. The number of nitrogens with one attached hydrogen (secondary N) is 2. The first kappa shape index (κ1) is 30.6. The molecular formula is C29H41N7O7. The number of carbonyl (C=O) groups excluding carboxylic acids is 3. The van der Waals surface area contributed by atoms with Crippen LogP contribution in [0.4, 0.5) is 4.79 Å². The number of likely N-dealkylation sites (N-methyl/N-ethyl adjacent to an activating group) is 2. The number of ether oxygens (including phenoxy) is 2. The highest BCUT2D eigenvalue weighted by Crippen LogP contribution is 2.64. The Morgan fingerprint density at radius 1 is 1.33 bits per heavy atom. The Labute approximate surface area is 250 Å². The zero-order valence-corrected chi connectivity index (χ0v) is 24.7. The topological polar surface area (TPSA) is 205 Å². The number of carbonyl (C=O) groups is 3. The van der Waals surface area contributed by atoms with Gasteiger partial charge in [0.1, 0.15) is 23.9 Å². The van der Waals surface area contributed by atoms with Crippen LogP contribution >= 0.6 is 0 Å². The lowest BCUT2D eigenvalue weighted by atomic mass is 9.50. The minimum atomic E-state index is -1.24. The fraction of sp³-hybridized carbons (Fsp3) is 0.586. The number of benzene rings is 1. The van der Waals surface area contributed by atoms with E-state index in [1.807, 2.05) is 13.1 Å². The van der Waals surface area contributed by atoms with Crippen molar-refractivity contribution in [2.24, 2.45) is 16.5 Å². The summed E-state index contributed by atoms with van der Waals surface area (Å²) in [6.07, 6.45) is 3.00. The second-order valence-corrected chi connectivity index (χ2v) is 11.8. The molecule has 2 heterocycles. The van der Waals surface area contributed by atoms with Gasteiger partial charge in [-0.1, -0.05) is 18.2 Å². The third kappa shape index (κ3) is 5.27. The van der Waals surface area contributed by atoms with Gasteiger partial charge in [-0.25, -0.2) is 4.79 Å². The molecule has 3 amide bonds. The van der Waals surface area contributed by atoms with Crippen LogP contribution in [0, 0.1) is 0 Å². The third-order valence-corrected chi connectivity index (χ3v) is 9.16. The summed E-state index contributed by atoms with van der Waals surface area (Å²) >= 11 is 0. The molecule has 6 atom stereocenters. The average Bonchev–Trinajstić information content (AvgIpc) is 3.31. The SMILES string of the molecule is CC(=O)N[C@@H](CCCN=C(N)N)C(=O)NCCN(C)C(=O)Oc1ccc2c3c1OC1C(O)C=C[C@@]4(O)C(C2)N(C)CCC314. The lowest BCUT2D eigenvalue weighted by molar-refractivity contribution is -0.151. The van der Waals surface area contributed by atoms with Gasteiger partial charge in [-0.3, -0.25) is 19.5 Å². The van der Waals surface area contributed by atoms with E-state index < -0.39 is 41.3 Å². The quantitative estimate of drug-likeness (QED) is 0.0812. The average molecular weight is 600 g/mol.